The van der Waals surface area contributed by atoms with Gasteiger partial charge in [0.1, 0.15) is 5.82 Å². The van der Waals surface area contributed by atoms with Crippen molar-refractivity contribution in [3.63, 3.8) is 0 Å². The van der Waals surface area contributed by atoms with E-state index in [1.165, 1.54) is 12.1 Å². The van der Waals surface area contributed by atoms with E-state index in [-0.39, 0.29) is 11.8 Å². The zero-order valence-electron chi connectivity index (χ0n) is 15.3. The molecular formula is C21H23FN4O. The van der Waals surface area contributed by atoms with Crippen molar-refractivity contribution in [3.8, 4) is 0 Å². The fourth-order valence-electron chi connectivity index (χ4n) is 2.81. The number of aromatic nitrogens is 2. The molecule has 0 aliphatic carbocycles. The van der Waals surface area contributed by atoms with Crippen LogP contribution in [0.3, 0.4) is 0 Å². The van der Waals surface area contributed by atoms with E-state index in [0.717, 1.165) is 29.8 Å². The number of benzene rings is 2. The van der Waals surface area contributed by atoms with Crippen molar-refractivity contribution in [2.75, 3.05) is 11.9 Å². The van der Waals surface area contributed by atoms with Crippen LogP contribution in [0, 0.1) is 12.7 Å². The van der Waals surface area contributed by atoms with E-state index >= 15 is 0 Å². The van der Waals surface area contributed by atoms with Crippen LogP contribution in [0.5, 0.6) is 0 Å². The number of hydrogen-bond donors (Lipinski definition) is 1. The number of hydrogen-bond acceptors (Lipinski definition) is 2. The molecule has 0 radical (unpaired) electrons. The molecule has 1 N–H and O–H groups in total. The molecule has 0 bridgehead atoms. The first-order chi connectivity index (χ1) is 13.1. The first-order valence-electron chi connectivity index (χ1n) is 8.93. The SMILES string of the molecule is Cc1ccc(NC(=O)N(CCCn2ccnc2)Cc2cccc(F)c2)cc1. The van der Waals surface area contributed by atoms with E-state index in [1.54, 1.807) is 23.5 Å². The predicted molar refractivity (Wildman–Crippen MR) is 104 cm³/mol. The summed E-state index contributed by atoms with van der Waals surface area (Å²) >= 11 is 0. The molecule has 2 aromatic carbocycles. The third kappa shape index (κ3) is 5.67. The van der Waals surface area contributed by atoms with E-state index in [0.29, 0.717) is 13.1 Å². The van der Waals surface area contributed by atoms with E-state index in [9.17, 15) is 9.18 Å². The van der Waals surface area contributed by atoms with E-state index in [1.807, 2.05) is 48.0 Å². The van der Waals surface area contributed by atoms with Crippen LogP contribution < -0.4 is 5.32 Å². The average Bonchev–Trinajstić information content (AvgIpc) is 3.16. The Balaban J connectivity index is 1.66. The highest BCUT2D eigenvalue weighted by Gasteiger charge is 2.14. The minimum Gasteiger partial charge on any atom is -0.337 e. The Kier molecular flexibility index (Phi) is 6.20. The monoisotopic (exact) mass is 366 g/mol. The third-order valence-electron chi connectivity index (χ3n) is 4.26. The van der Waals surface area contributed by atoms with Gasteiger partial charge in [-0.25, -0.2) is 14.2 Å². The lowest BCUT2D eigenvalue weighted by Gasteiger charge is -2.23. The van der Waals surface area contributed by atoms with Gasteiger partial charge in [-0.3, -0.25) is 0 Å². The molecule has 3 rings (SSSR count). The summed E-state index contributed by atoms with van der Waals surface area (Å²) in [7, 11) is 0. The van der Waals surface area contributed by atoms with E-state index in [2.05, 4.69) is 10.3 Å². The molecule has 6 heteroatoms. The van der Waals surface area contributed by atoms with Crippen LogP contribution >= 0.6 is 0 Å². The van der Waals surface area contributed by atoms with Crippen molar-refractivity contribution in [3.05, 3.63) is 84.2 Å². The molecule has 0 saturated heterocycles. The number of carbonyl (C=O) groups excluding carboxylic acids is 1. The number of amides is 2. The van der Waals surface area contributed by atoms with Gasteiger partial charge in [-0.2, -0.15) is 0 Å². The Morgan fingerprint density at radius 3 is 2.74 bits per heavy atom. The van der Waals surface area contributed by atoms with E-state index < -0.39 is 0 Å². The number of aryl methyl sites for hydroxylation is 2. The first kappa shape index (κ1) is 18.6. The highest BCUT2D eigenvalue weighted by molar-refractivity contribution is 5.89. The highest BCUT2D eigenvalue weighted by atomic mass is 19.1. The van der Waals surface area contributed by atoms with Crippen LogP contribution in [-0.4, -0.2) is 27.0 Å². The topological polar surface area (TPSA) is 50.2 Å². The van der Waals surface area contributed by atoms with Gasteiger partial charge in [0.15, 0.2) is 0 Å². The van der Waals surface area contributed by atoms with Gasteiger partial charge in [0.05, 0.1) is 6.33 Å². The summed E-state index contributed by atoms with van der Waals surface area (Å²) < 4.78 is 15.5. The first-order valence-corrected chi connectivity index (χ1v) is 8.93. The van der Waals surface area contributed by atoms with Gasteiger partial charge in [0.25, 0.3) is 0 Å². The Hall–Kier alpha value is -3.15. The van der Waals surface area contributed by atoms with Gasteiger partial charge in [0.2, 0.25) is 0 Å². The Bertz CT molecular complexity index is 862. The van der Waals surface area contributed by atoms with E-state index in [4.69, 9.17) is 0 Å². The summed E-state index contributed by atoms with van der Waals surface area (Å²) in [6.07, 6.45) is 6.15. The van der Waals surface area contributed by atoms with Gasteiger partial charge in [-0.05, 0) is 43.2 Å². The molecule has 0 atom stereocenters. The smallest absolute Gasteiger partial charge is 0.322 e. The fourth-order valence-corrected chi connectivity index (χ4v) is 2.81. The van der Waals surface area contributed by atoms with Crippen molar-refractivity contribution in [2.45, 2.75) is 26.4 Å². The molecule has 140 valence electrons. The zero-order chi connectivity index (χ0) is 19.1. The molecule has 1 heterocycles. The molecule has 3 aromatic rings. The van der Waals surface area contributed by atoms with Crippen LogP contribution in [0.25, 0.3) is 0 Å². The maximum absolute atomic E-state index is 13.5. The molecule has 0 spiro atoms. The Labute approximate surface area is 158 Å². The maximum atomic E-state index is 13.5. The standard InChI is InChI=1S/C21H23FN4O/c1-17-6-8-20(9-7-17)24-21(27)26(12-3-11-25-13-10-23-16-25)15-18-4-2-5-19(22)14-18/h2,4-10,13-14,16H,3,11-12,15H2,1H3,(H,24,27). The Morgan fingerprint density at radius 2 is 2.04 bits per heavy atom. The number of urea groups is 1. The van der Waals surface area contributed by atoms with Crippen molar-refractivity contribution in [1.82, 2.24) is 14.5 Å². The summed E-state index contributed by atoms with van der Waals surface area (Å²) in [5.74, 6) is -0.301. The summed E-state index contributed by atoms with van der Waals surface area (Å²) in [4.78, 5) is 18.5. The van der Waals surface area contributed by atoms with Gasteiger partial charge in [-0.15, -0.1) is 0 Å². The second-order valence-electron chi connectivity index (χ2n) is 6.50. The van der Waals surface area contributed by atoms with Crippen LogP contribution in [0.15, 0.2) is 67.3 Å². The lowest BCUT2D eigenvalue weighted by atomic mass is 10.2. The number of imidazole rings is 1. The summed E-state index contributed by atoms with van der Waals surface area (Å²) in [6, 6.07) is 13.8. The van der Waals surface area contributed by atoms with Gasteiger partial charge < -0.3 is 14.8 Å². The van der Waals surface area contributed by atoms with Crippen LogP contribution in [0.4, 0.5) is 14.9 Å². The number of rotatable bonds is 7. The van der Waals surface area contributed by atoms with Crippen LogP contribution in [-0.2, 0) is 13.1 Å². The molecule has 0 aliphatic heterocycles. The summed E-state index contributed by atoms with van der Waals surface area (Å²) in [5.41, 5.74) is 2.63. The highest BCUT2D eigenvalue weighted by Crippen LogP contribution is 2.13. The molecule has 1 aromatic heterocycles. The average molecular weight is 366 g/mol. The summed E-state index contributed by atoms with van der Waals surface area (Å²) in [6.45, 7) is 3.65. The van der Waals surface area contributed by atoms with Crippen LogP contribution in [0.1, 0.15) is 17.5 Å². The van der Waals surface area contributed by atoms with Gasteiger partial charge in [-0.1, -0.05) is 29.8 Å². The number of nitrogens with one attached hydrogen (secondary N) is 1. The third-order valence-corrected chi connectivity index (χ3v) is 4.26. The molecule has 0 fully saturated rings. The Morgan fingerprint density at radius 1 is 1.22 bits per heavy atom. The normalized spacial score (nSPS) is 10.6. The molecule has 2 amide bonds. The van der Waals surface area contributed by atoms with Gasteiger partial charge >= 0.3 is 6.03 Å². The molecule has 5 nitrogen and oxygen atoms in total. The number of anilines is 1. The number of halogens is 1. The van der Waals surface area contributed by atoms with Crippen molar-refractivity contribution in [2.24, 2.45) is 0 Å². The molecule has 27 heavy (non-hydrogen) atoms. The van der Waals surface area contributed by atoms with Crippen molar-refractivity contribution < 1.29 is 9.18 Å². The van der Waals surface area contributed by atoms with Crippen molar-refractivity contribution in [1.29, 1.82) is 0 Å². The molecule has 0 aliphatic rings. The quantitative estimate of drug-likeness (QED) is 0.671. The lowest BCUT2D eigenvalue weighted by Crippen LogP contribution is -2.35. The second kappa shape index (κ2) is 8.98. The van der Waals surface area contributed by atoms with Gasteiger partial charge in [0, 0.05) is 37.7 Å². The molecule has 0 unspecified atom stereocenters. The summed E-state index contributed by atoms with van der Waals surface area (Å²) in [5, 5.41) is 2.92. The van der Waals surface area contributed by atoms with Crippen LogP contribution in [0.2, 0.25) is 0 Å². The predicted octanol–water partition coefficient (Wildman–Crippen LogP) is 4.46. The lowest BCUT2D eigenvalue weighted by molar-refractivity contribution is 0.207. The molecule has 0 saturated carbocycles. The number of carbonyl (C=O) groups is 1. The minimum atomic E-state index is -0.301. The maximum Gasteiger partial charge on any atom is 0.322 e. The fraction of sp³-hybridized carbons (Fsp3) is 0.238. The zero-order valence-corrected chi connectivity index (χ0v) is 15.3. The largest absolute Gasteiger partial charge is 0.337 e. The molecular weight excluding hydrogens is 343 g/mol. The minimum absolute atomic E-state index is 0.200. The van der Waals surface area contributed by atoms with Crippen molar-refractivity contribution >= 4 is 11.7 Å². The number of nitrogens with zero attached hydrogens (tertiary/aromatic N) is 3. The second-order valence-corrected chi connectivity index (χ2v) is 6.50.